The molecule has 2 aliphatic rings. The summed E-state index contributed by atoms with van der Waals surface area (Å²) < 4.78 is 4.79. The van der Waals surface area contributed by atoms with Gasteiger partial charge in [-0.3, -0.25) is 9.69 Å². The second-order valence-corrected chi connectivity index (χ2v) is 6.18. The topological polar surface area (TPSA) is 41.6 Å². The minimum Gasteiger partial charge on any atom is -0.469 e. The lowest BCUT2D eigenvalue weighted by molar-refractivity contribution is -0.139. The van der Waals surface area contributed by atoms with Crippen LogP contribution in [0, 0.1) is 5.92 Å². The molecular formula is C17H24N2O2. The smallest absolute Gasteiger partial charge is 0.309 e. The summed E-state index contributed by atoms with van der Waals surface area (Å²) in [7, 11) is 1.45. The van der Waals surface area contributed by atoms with Crippen molar-refractivity contribution < 1.29 is 9.53 Å². The minimum atomic E-state index is -0.167. The maximum Gasteiger partial charge on any atom is 0.309 e. The molecule has 2 fully saturated rings. The van der Waals surface area contributed by atoms with Gasteiger partial charge in [-0.2, -0.15) is 0 Å². The first kappa shape index (κ1) is 14.5. The van der Waals surface area contributed by atoms with Crippen LogP contribution < -0.4 is 5.32 Å². The Bertz CT molecular complexity index is 489. The van der Waals surface area contributed by atoms with Crippen molar-refractivity contribution in [3.63, 3.8) is 0 Å². The van der Waals surface area contributed by atoms with Gasteiger partial charge >= 0.3 is 5.97 Å². The van der Waals surface area contributed by atoms with E-state index in [-0.39, 0.29) is 5.97 Å². The molecule has 114 valence electrons. The van der Waals surface area contributed by atoms with Crippen molar-refractivity contribution in [1.29, 1.82) is 0 Å². The average molecular weight is 288 g/mol. The number of piperidine rings is 1. The van der Waals surface area contributed by atoms with E-state index in [1.807, 2.05) is 12.1 Å². The number of carbonyl (C=O) groups is 1. The largest absolute Gasteiger partial charge is 0.469 e. The van der Waals surface area contributed by atoms with Crippen molar-refractivity contribution in [3.8, 4) is 0 Å². The van der Waals surface area contributed by atoms with Gasteiger partial charge in [-0.25, -0.2) is 0 Å². The van der Waals surface area contributed by atoms with Crippen LogP contribution in [-0.2, 0) is 22.5 Å². The van der Waals surface area contributed by atoms with Crippen LogP contribution >= 0.6 is 0 Å². The van der Waals surface area contributed by atoms with Crippen LogP contribution in [0.15, 0.2) is 24.3 Å². The number of hydrogen-bond acceptors (Lipinski definition) is 4. The summed E-state index contributed by atoms with van der Waals surface area (Å²) in [5.74, 6) is 0.630. The molecule has 1 aromatic carbocycles. The predicted molar refractivity (Wildman–Crippen MR) is 82.0 cm³/mol. The second-order valence-electron chi connectivity index (χ2n) is 6.18. The van der Waals surface area contributed by atoms with Gasteiger partial charge in [0, 0.05) is 25.7 Å². The number of carbonyl (C=O) groups excluding carboxylic acids is 1. The maximum atomic E-state index is 11.5. The lowest BCUT2D eigenvalue weighted by atomic mass is 9.94. The number of nitrogens with zero attached hydrogens (tertiary/aromatic N) is 1. The summed E-state index contributed by atoms with van der Waals surface area (Å²) in [6.07, 6.45) is 3.01. The summed E-state index contributed by atoms with van der Waals surface area (Å²) >= 11 is 0. The van der Waals surface area contributed by atoms with E-state index < -0.39 is 0 Å². The van der Waals surface area contributed by atoms with Crippen molar-refractivity contribution >= 4 is 5.97 Å². The number of ether oxygens (including phenoxy) is 1. The van der Waals surface area contributed by atoms with E-state index in [0.717, 1.165) is 31.1 Å². The van der Waals surface area contributed by atoms with Gasteiger partial charge in [-0.1, -0.05) is 24.3 Å². The number of benzene rings is 1. The fourth-order valence-electron chi connectivity index (χ4n) is 3.62. The Balaban J connectivity index is 1.66. The van der Waals surface area contributed by atoms with Crippen LogP contribution in [0.2, 0.25) is 0 Å². The lowest BCUT2D eigenvalue weighted by Crippen LogP contribution is -2.40. The van der Waals surface area contributed by atoms with Crippen LogP contribution in [0.25, 0.3) is 0 Å². The van der Waals surface area contributed by atoms with Gasteiger partial charge < -0.3 is 10.1 Å². The number of rotatable bonds is 4. The van der Waals surface area contributed by atoms with Crippen LogP contribution in [0.5, 0.6) is 0 Å². The van der Waals surface area contributed by atoms with E-state index in [1.165, 1.54) is 32.1 Å². The summed E-state index contributed by atoms with van der Waals surface area (Å²) in [5.41, 5.74) is 2.34. The zero-order valence-electron chi connectivity index (χ0n) is 12.7. The predicted octanol–water partition coefficient (Wildman–Crippen LogP) is 1.59. The number of esters is 1. The van der Waals surface area contributed by atoms with E-state index >= 15 is 0 Å². The molecule has 0 radical (unpaired) electrons. The van der Waals surface area contributed by atoms with Crippen molar-refractivity contribution in [2.24, 2.45) is 5.92 Å². The standard InChI is InChI=1S/C17H24N2O2/c1-21-17(20)9-13-5-2-3-6-14(13)10-19-11-15-7-4-8-18-16(15)12-19/h2-3,5-6,15-16,18H,4,7-12H2,1H3. The van der Waals surface area contributed by atoms with E-state index in [0.29, 0.717) is 12.5 Å². The molecule has 3 rings (SSSR count). The Labute approximate surface area is 126 Å². The molecule has 2 aliphatic heterocycles. The highest BCUT2D eigenvalue weighted by atomic mass is 16.5. The lowest BCUT2D eigenvalue weighted by Gasteiger charge is -2.24. The zero-order chi connectivity index (χ0) is 14.7. The molecule has 2 heterocycles. The van der Waals surface area contributed by atoms with E-state index in [2.05, 4.69) is 22.3 Å². The fraction of sp³-hybridized carbons (Fsp3) is 0.588. The quantitative estimate of drug-likeness (QED) is 0.854. The maximum absolute atomic E-state index is 11.5. The second kappa shape index (κ2) is 6.58. The van der Waals surface area contributed by atoms with Gasteiger partial charge in [0.1, 0.15) is 0 Å². The molecule has 1 N–H and O–H groups in total. The fourth-order valence-corrected chi connectivity index (χ4v) is 3.62. The van der Waals surface area contributed by atoms with E-state index in [1.54, 1.807) is 0 Å². The first-order valence-electron chi connectivity index (χ1n) is 7.85. The van der Waals surface area contributed by atoms with Crippen molar-refractivity contribution in [2.75, 3.05) is 26.7 Å². The molecule has 2 unspecified atom stereocenters. The van der Waals surface area contributed by atoms with Crippen molar-refractivity contribution in [1.82, 2.24) is 10.2 Å². The zero-order valence-corrected chi connectivity index (χ0v) is 12.7. The summed E-state index contributed by atoms with van der Waals surface area (Å²) in [4.78, 5) is 14.0. The van der Waals surface area contributed by atoms with Gasteiger partial charge in [0.05, 0.1) is 13.5 Å². The molecule has 0 bridgehead atoms. The summed E-state index contributed by atoms with van der Waals surface area (Å²) in [6, 6.07) is 8.87. The molecule has 0 amide bonds. The molecule has 2 atom stereocenters. The highest BCUT2D eigenvalue weighted by molar-refractivity contribution is 5.72. The summed E-state index contributed by atoms with van der Waals surface area (Å²) in [6.45, 7) is 4.39. The Kier molecular flexibility index (Phi) is 4.56. The SMILES string of the molecule is COC(=O)Cc1ccccc1CN1CC2CCCNC2C1. The number of hydrogen-bond donors (Lipinski definition) is 1. The highest BCUT2D eigenvalue weighted by Crippen LogP contribution is 2.26. The van der Waals surface area contributed by atoms with Crippen LogP contribution in [0.1, 0.15) is 24.0 Å². The van der Waals surface area contributed by atoms with Crippen LogP contribution in [-0.4, -0.2) is 43.7 Å². The van der Waals surface area contributed by atoms with Crippen molar-refractivity contribution in [3.05, 3.63) is 35.4 Å². The first-order valence-corrected chi connectivity index (χ1v) is 7.85. The first-order chi connectivity index (χ1) is 10.3. The van der Waals surface area contributed by atoms with Gasteiger partial charge in [-0.15, -0.1) is 0 Å². The van der Waals surface area contributed by atoms with Gasteiger partial charge in [0.25, 0.3) is 0 Å². The molecule has 21 heavy (non-hydrogen) atoms. The Morgan fingerprint density at radius 3 is 2.90 bits per heavy atom. The molecule has 0 saturated carbocycles. The molecule has 0 aliphatic carbocycles. The third-order valence-corrected chi connectivity index (χ3v) is 4.75. The molecular weight excluding hydrogens is 264 g/mol. The molecule has 0 spiro atoms. The Hall–Kier alpha value is -1.39. The van der Waals surface area contributed by atoms with Crippen LogP contribution in [0.3, 0.4) is 0 Å². The van der Waals surface area contributed by atoms with Crippen LogP contribution in [0.4, 0.5) is 0 Å². The normalized spacial score (nSPS) is 25.6. The van der Waals surface area contributed by atoms with E-state index in [9.17, 15) is 4.79 Å². The Morgan fingerprint density at radius 2 is 2.14 bits per heavy atom. The Morgan fingerprint density at radius 1 is 1.33 bits per heavy atom. The molecule has 2 saturated heterocycles. The van der Waals surface area contributed by atoms with Crippen molar-refractivity contribution in [2.45, 2.75) is 31.8 Å². The third kappa shape index (κ3) is 3.44. The minimum absolute atomic E-state index is 0.167. The number of fused-ring (bicyclic) bond motifs is 1. The number of likely N-dealkylation sites (tertiary alicyclic amines) is 1. The average Bonchev–Trinajstić information content (AvgIpc) is 2.91. The number of methoxy groups -OCH3 is 1. The van der Waals surface area contributed by atoms with Gasteiger partial charge in [0.2, 0.25) is 0 Å². The third-order valence-electron chi connectivity index (χ3n) is 4.75. The molecule has 0 aromatic heterocycles. The van der Waals surface area contributed by atoms with Gasteiger partial charge in [0.15, 0.2) is 0 Å². The molecule has 1 aromatic rings. The molecule has 4 heteroatoms. The number of nitrogens with one attached hydrogen (secondary N) is 1. The highest BCUT2D eigenvalue weighted by Gasteiger charge is 2.34. The monoisotopic (exact) mass is 288 g/mol. The van der Waals surface area contributed by atoms with Gasteiger partial charge in [-0.05, 0) is 36.4 Å². The summed E-state index contributed by atoms with van der Waals surface area (Å²) in [5, 5.41) is 3.64. The molecule has 4 nitrogen and oxygen atoms in total. The van der Waals surface area contributed by atoms with E-state index in [4.69, 9.17) is 4.74 Å².